The van der Waals surface area contributed by atoms with E-state index in [1.165, 1.54) is 44.3 Å². The topological polar surface area (TPSA) is 24.5 Å². The Morgan fingerprint density at radius 3 is 2.80 bits per heavy atom. The molecule has 4 heteroatoms. The highest BCUT2D eigenvalue weighted by Crippen LogP contribution is 2.25. The Morgan fingerprint density at radius 1 is 1.25 bits per heavy atom. The van der Waals surface area contributed by atoms with E-state index in [-0.39, 0.29) is 0 Å². The third-order valence-electron chi connectivity index (χ3n) is 4.04. The van der Waals surface area contributed by atoms with Crippen molar-refractivity contribution in [3.8, 4) is 5.75 Å². The molecule has 2 fully saturated rings. The first-order valence-electron chi connectivity index (χ1n) is 7.68. The van der Waals surface area contributed by atoms with Crippen molar-refractivity contribution in [3.63, 3.8) is 0 Å². The van der Waals surface area contributed by atoms with Crippen LogP contribution in [0.15, 0.2) is 22.7 Å². The molecular formula is C16H23BrN2O. The minimum atomic E-state index is 0.728. The number of nitrogens with one attached hydrogen (secondary N) is 1. The second kappa shape index (κ2) is 6.92. The molecule has 1 saturated carbocycles. The number of hydrogen-bond donors (Lipinski definition) is 1. The van der Waals surface area contributed by atoms with Crippen molar-refractivity contribution in [1.82, 2.24) is 10.2 Å². The Bertz CT molecular complexity index is 442. The Balaban J connectivity index is 1.52. The van der Waals surface area contributed by atoms with Crippen LogP contribution in [0.4, 0.5) is 0 Å². The zero-order valence-electron chi connectivity index (χ0n) is 11.9. The minimum absolute atomic E-state index is 0.728. The van der Waals surface area contributed by atoms with E-state index in [0.717, 1.165) is 36.0 Å². The second-order valence-corrected chi connectivity index (χ2v) is 6.72. The minimum Gasteiger partial charge on any atom is -0.492 e. The van der Waals surface area contributed by atoms with Gasteiger partial charge in [0.25, 0.3) is 0 Å². The van der Waals surface area contributed by atoms with E-state index in [1.54, 1.807) is 0 Å². The number of nitrogens with zero attached hydrogens (tertiary/aromatic N) is 1. The van der Waals surface area contributed by atoms with Gasteiger partial charge in [0.05, 0.1) is 0 Å². The van der Waals surface area contributed by atoms with E-state index < -0.39 is 0 Å². The van der Waals surface area contributed by atoms with Crippen molar-refractivity contribution in [2.75, 3.05) is 26.2 Å². The largest absolute Gasteiger partial charge is 0.492 e. The Labute approximate surface area is 129 Å². The third kappa shape index (κ3) is 4.21. The molecule has 1 saturated heterocycles. The molecule has 20 heavy (non-hydrogen) atoms. The molecule has 1 aliphatic carbocycles. The summed E-state index contributed by atoms with van der Waals surface area (Å²) < 4.78 is 7.13. The third-order valence-corrected chi connectivity index (χ3v) is 4.54. The Morgan fingerprint density at radius 2 is 2.05 bits per heavy atom. The second-order valence-electron chi connectivity index (χ2n) is 5.80. The fourth-order valence-electron chi connectivity index (χ4n) is 2.66. The van der Waals surface area contributed by atoms with Crippen LogP contribution in [-0.2, 0) is 6.54 Å². The summed E-state index contributed by atoms with van der Waals surface area (Å²) in [5.74, 6) is 1.03. The zero-order chi connectivity index (χ0) is 13.8. The van der Waals surface area contributed by atoms with Gasteiger partial charge in [-0.2, -0.15) is 0 Å². The Kier molecular flexibility index (Phi) is 4.97. The molecule has 1 aromatic rings. The maximum Gasteiger partial charge on any atom is 0.123 e. The van der Waals surface area contributed by atoms with Crippen LogP contribution in [0.2, 0.25) is 0 Å². The molecule has 1 aromatic carbocycles. The molecule has 0 spiro atoms. The fraction of sp³-hybridized carbons (Fsp3) is 0.625. The molecule has 1 heterocycles. The number of halogens is 1. The average molecular weight is 339 g/mol. The van der Waals surface area contributed by atoms with Gasteiger partial charge in [-0.1, -0.05) is 15.9 Å². The van der Waals surface area contributed by atoms with Crippen molar-refractivity contribution in [3.05, 3.63) is 28.2 Å². The van der Waals surface area contributed by atoms with E-state index in [9.17, 15) is 0 Å². The first kappa shape index (κ1) is 14.4. The highest BCUT2D eigenvalue weighted by atomic mass is 79.9. The number of hydrogen-bond acceptors (Lipinski definition) is 3. The molecule has 1 N–H and O–H groups in total. The molecule has 0 amide bonds. The van der Waals surface area contributed by atoms with Gasteiger partial charge >= 0.3 is 0 Å². The van der Waals surface area contributed by atoms with Crippen molar-refractivity contribution in [2.24, 2.45) is 0 Å². The summed E-state index contributed by atoms with van der Waals surface area (Å²) in [5.41, 5.74) is 1.26. The van der Waals surface area contributed by atoms with Crippen LogP contribution in [-0.4, -0.2) is 37.2 Å². The zero-order valence-corrected chi connectivity index (χ0v) is 13.5. The summed E-state index contributed by atoms with van der Waals surface area (Å²) >= 11 is 3.55. The normalized spacial score (nSPS) is 19.4. The fourth-order valence-corrected chi connectivity index (χ4v) is 3.07. The summed E-state index contributed by atoms with van der Waals surface area (Å²) in [6.45, 7) is 5.21. The molecule has 3 rings (SSSR count). The predicted octanol–water partition coefficient (Wildman–Crippen LogP) is 3.18. The monoisotopic (exact) mass is 338 g/mol. The van der Waals surface area contributed by atoms with Crippen molar-refractivity contribution in [1.29, 1.82) is 0 Å². The van der Waals surface area contributed by atoms with E-state index in [4.69, 9.17) is 4.74 Å². The van der Waals surface area contributed by atoms with Crippen LogP contribution in [0.1, 0.15) is 31.2 Å². The molecule has 0 atom stereocenters. The molecule has 110 valence electrons. The molecule has 3 nitrogen and oxygen atoms in total. The lowest BCUT2D eigenvalue weighted by Gasteiger charge is -2.17. The van der Waals surface area contributed by atoms with E-state index >= 15 is 0 Å². The van der Waals surface area contributed by atoms with Gasteiger partial charge in [0.2, 0.25) is 0 Å². The van der Waals surface area contributed by atoms with Crippen molar-refractivity contribution < 1.29 is 4.74 Å². The first-order valence-corrected chi connectivity index (χ1v) is 8.47. The predicted molar refractivity (Wildman–Crippen MR) is 85.2 cm³/mol. The SMILES string of the molecule is Brc1ccc(OCCN2CCCC2)c(CNC2CC2)c1. The number of rotatable bonds is 7. The molecule has 0 unspecified atom stereocenters. The van der Waals surface area contributed by atoms with Crippen LogP contribution >= 0.6 is 15.9 Å². The van der Waals surface area contributed by atoms with E-state index in [1.807, 2.05) is 0 Å². The first-order chi connectivity index (χ1) is 9.81. The van der Waals surface area contributed by atoms with Gasteiger partial charge in [0, 0.05) is 29.2 Å². The standard InChI is InChI=1S/C16H23BrN2O/c17-14-3-6-16(13(11-14)12-18-15-4-5-15)20-10-9-19-7-1-2-8-19/h3,6,11,15,18H,1-2,4-5,7-10,12H2. The average Bonchev–Trinajstić information content (AvgIpc) is 3.13. The molecule has 0 radical (unpaired) electrons. The quantitative estimate of drug-likeness (QED) is 0.826. The van der Waals surface area contributed by atoms with Gasteiger partial charge in [-0.05, 0) is 57.0 Å². The molecular weight excluding hydrogens is 316 g/mol. The molecule has 0 bridgehead atoms. The maximum absolute atomic E-state index is 6.00. The lowest BCUT2D eigenvalue weighted by molar-refractivity contribution is 0.236. The Hall–Kier alpha value is -0.580. The molecule has 1 aliphatic heterocycles. The van der Waals surface area contributed by atoms with Crippen LogP contribution in [0.5, 0.6) is 5.75 Å². The van der Waals surface area contributed by atoms with Gasteiger partial charge in [-0.25, -0.2) is 0 Å². The summed E-state index contributed by atoms with van der Waals surface area (Å²) in [7, 11) is 0. The molecule has 2 aliphatic rings. The summed E-state index contributed by atoms with van der Waals surface area (Å²) in [4.78, 5) is 2.49. The van der Waals surface area contributed by atoms with Gasteiger partial charge < -0.3 is 10.1 Å². The van der Waals surface area contributed by atoms with Gasteiger partial charge in [-0.15, -0.1) is 0 Å². The summed E-state index contributed by atoms with van der Waals surface area (Å²) in [6, 6.07) is 7.04. The highest BCUT2D eigenvalue weighted by molar-refractivity contribution is 9.10. The smallest absolute Gasteiger partial charge is 0.123 e. The lowest BCUT2D eigenvalue weighted by atomic mass is 10.2. The van der Waals surface area contributed by atoms with Crippen LogP contribution in [0.25, 0.3) is 0 Å². The van der Waals surface area contributed by atoms with E-state index in [0.29, 0.717) is 0 Å². The van der Waals surface area contributed by atoms with Crippen molar-refractivity contribution in [2.45, 2.75) is 38.3 Å². The number of ether oxygens (including phenoxy) is 1. The molecule has 0 aromatic heterocycles. The summed E-state index contributed by atoms with van der Waals surface area (Å²) in [5, 5.41) is 3.56. The maximum atomic E-state index is 6.00. The van der Waals surface area contributed by atoms with Gasteiger partial charge in [0.15, 0.2) is 0 Å². The van der Waals surface area contributed by atoms with Crippen LogP contribution < -0.4 is 10.1 Å². The van der Waals surface area contributed by atoms with E-state index in [2.05, 4.69) is 44.3 Å². The van der Waals surface area contributed by atoms with Crippen LogP contribution in [0.3, 0.4) is 0 Å². The van der Waals surface area contributed by atoms with Crippen molar-refractivity contribution >= 4 is 15.9 Å². The lowest BCUT2D eigenvalue weighted by Crippen LogP contribution is -2.25. The highest BCUT2D eigenvalue weighted by Gasteiger charge is 2.20. The van der Waals surface area contributed by atoms with Gasteiger partial charge in [0.1, 0.15) is 12.4 Å². The summed E-state index contributed by atoms with van der Waals surface area (Å²) in [6.07, 6.45) is 5.32. The van der Waals surface area contributed by atoms with Gasteiger partial charge in [-0.3, -0.25) is 4.90 Å². The number of benzene rings is 1. The number of likely N-dealkylation sites (tertiary alicyclic amines) is 1. The van der Waals surface area contributed by atoms with Crippen LogP contribution in [0, 0.1) is 0 Å².